The lowest BCUT2D eigenvalue weighted by molar-refractivity contribution is 0.482. The van der Waals surface area contributed by atoms with Crippen LogP contribution < -0.4 is 0 Å². The van der Waals surface area contributed by atoms with Crippen molar-refractivity contribution >= 4 is 21.7 Å². The summed E-state index contributed by atoms with van der Waals surface area (Å²) in [6, 6.07) is 21.9. The molecule has 0 aliphatic heterocycles. The minimum atomic E-state index is 0.274. The first kappa shape index (κ1) is 11.9. The number of aromatic hydroxyl groups is 1. The maximum atomic E-state index is 10.2. The van der Waals surface area contributed by atoms with E-state index in [4.69, 9.17) is 0 Å². The second-order valence-electron chi connectivity index (χ2n) is 5.06. The third-order valence-electron chi connectivity index (χ3n) is 3.79. The molecule has 0 amide bonds. The monoisotopic (exact) mass is 271 g/mol. The molecule has 0 unspecified atom stereocenters. The van der Waals surface area contributed by atoms with Crippen LogP contribution in [0.5, 0.6) is 5.75 Å². The van der Waals surface area contributed by atoms with Crippen molar-refractivity contribution in [1.29, 1.82) is 0 Å². The summed E-state index contributed by atoms with van der Waals surface area (Å²) in [5.74, 6) is 0.274. The second-order valence-corrected chi connectivity index (χ2v) is 5.06. The summed E-state index contributed by atoms with van der Waals surface area (Å²) < 4.78 is 0. The van der Waals surface area contributed by atoms with Crippen molar-refractivity contribution < 1.29 is 5.11 Å². The van der Waals surface area contributed by atoms with Crippen LogP contribution in [0.3, 0.4) is 0 Å². The maximum Gasteiger partial charge on any atom is 0.125 e. The van der Waals surface area contributed by atoms with Crippen molar-refractivity contribution in [2.45, 2.75) is 0 Å². The quantitative estimate of drug-likeness (QED) is 0.506. The van der Waals surface area contributed by atoms with E-state index in [9.17, 15) is 5.11 Å². The van der Waals surface area contributed by atoms with Crippen LogP contribution in [-0.4, -0.2) is 10.1 Å². The number of rotatable bonds is 1. The van der Waals surface area contributed by atoms with Crippen molar-refractivity contribution in [3.63, 3.8) is 0 Å². The van der Waals surface area contributed by atoms with Gasteiger partial charge in [0.05, 0.1) is 5.52 Å². The number of phenolic OH excluding ortho intramolecular Hbond substituents is 1. The van der Waals surface area contributed by atoms with E-state index in [2.05, 4.69) is 23.2 Å². The van der Waals surface area contributed by atoms with Crippen LogP contribution >= 0.6 is 0 Å². The molecule has 0 spiro atoms. The van der Waals surface area contributed by atoms with E-state index in [0.29, 0.717) is 0 Å². The Morgan fingerprint density at radius 2 is 1.67 bits per heavy atom. The van der Waals surface area contributed by atoms with Gasteiger partial charge in [-0.2, -0.15) is 0 Å². The van der Waals surface area contributed by atoms with Crippen LogP contribution in [0.1, 0.15) is 0 Å². The first-order valence-electron chi connectivity index (χ1n) is 6.89. The predicted octanol–water partition coefficient (Wildman–Crippen LogP) is 4.76. The minimum absolute atomic E-state index is 0.274. The van der Waals surface area contributed by atoms with Gasteiger partial charge in [0.15, 0.2) is 0 Å². The summed E-state index contributed by atoms with van der Waals surface area (Å²) in [7, 11) is 0. The molecule has 0 radical (unpaired) electrons. The zero-order valence-corrected chi connectivity index (χ0v) is 11.3. The van der Waals surface area contributed by atoms with E-state index in [0.717, 1.165) is 32.8 Å². The molecule has 2 nitrogen and oxygen atoms in total. The average molecular weight is 271 g/mol. The van der Waals surface area contributed by atoms with Crippen LogP contribution in [-0.2, 0) is 0 Å². The number of hydrogen-bond acceptors (Lipinski definition) is 2. The highest BCUT2D eigenvalue weighted by molar-refractivity contribution is 6.14. The average Bonchev–Trinajstić information content (AvgIpc) is 2.55. The van der Waals surface area contributed by atoms with Gasteiger partial charge in [-0.15, -0.1) is 0 Å². The largest absolute Gasteiger partial charge is 0.507 e. The predicted molar refractivity (Wildman–Crippen MR) is 86.3 cm³/mol. The van der Waals surface area contributed by atoms with E-state index < -0.39 is 0 Å². The molecule has 0 atom stereocenters. The lowest BCUT2D eigenvalue weighted by atomic mass is 9.96. The molecule has 0 bridgehead atoms. The Morgan fingerprint density at radius 1 is 0.810 bits per heavy atom. The molecular formula is C19H13NO. The fraction of sp³-hybridized carbons (Fsp3) is 0. The van der Waals surface area contributed by atoms with E-state index >= 15 is 0 Å². The molecule has 21 heavy (non-hydrogen) atoms. The topological polar surface area (TPSA) is 33.1 Å². The third-order valence-corrected chi connectivity index (χ3v) is 3.79. The number of hydrogen-bond donors (Lipinski definition) is 1. The maximum absolute atomic E-state index is 10.2. The summed E-state index contributed by atoms with van der Waals surface area (Å²) in [5, 5.41) is 13.1. The van der Waals surface area contributed by atoms with Crippen molar-refractivity contribution in [1.82, 2.24) is 4.98 Å². The summed E-state index contributed by atoms with van der Waals surface area (Å²) in [5.41, 5.74) is 3.13. The molecule has 2 heteroatoms. The molecule has 1 N–H and O–H groups in total. The molecular weight excluding hydrogens is 258 g/mol. The highest BCUT2D eigenvalue weighted by Crippen LogP contribution is 2.37. The standard InChI is InChI=1S/C19H13NO/c21-17-12-14-8-4-9-15(13-6-2-1-3-7-13)18(14)19-16(17)10-5-11-20-19/h1-12,21H. The Morgan fingerprint density at radius 3 is 2.52 bits per heavy atom. The van der Waals surface area contributed by atoms with Gasteiger partial charge >= 0.3 is 0 Å². The van der Waals surface area contributed by atoms with Crippen LogP contribution in [0.15, 0.2) is 72.9 Å². The summed E-state index contributed by atoms with van der Waals surface area (Å²) in [6.07, 6.45) is 1.77. The Kier molecular flexibility index (Phi) is 2.61. The fourth-order valence-corrected chi connectivity index (χ4v) is 2.85. The van der Waals surface area contributed by atoms with Gasteiger partial charge in [0.1, 0.15) is 5.75 Å². The SMILES string of the molecule is Oc1cc2cccc(-c3ccccc3)c2c2ncccc12. The second kappa shape index (κ2) is 4.60. The molecule has 0 saturated heterocycles. The van der Waals surface area contributed by atoms with Crippen LogP contribution in [0.25, 0.3) is 32.8 Å². The Bertz CT molecular complexity index is 945. The van der Waals surface area contributed by atoms with E-state index in [-0.39, 0.29) is 5.75 Å². The van der Waals surface area contributed by atoms with Crippen LogP contribution in [0.2, 0.25) is 0 Å². The smallest absolute Gasteiger partial charge is 0.125 e. The first-order valence-corrected chi connectivity index (χ1v) is 6.89. The molecule has 3 aromatic carbocycles. The Labute approximate surface area is 122 Å². The van der Waals surface area contributed by atoms with Crippen LogP contribution in [0.4, 0.5) is 0 Å². The number of benzene rings is 3. The normalized spacial score (nSPS) is 11.0. The molecule has 4 rings (SSSR count). The van der Waals surface area contributed by atoms with E-state index in [1.165, 1.54) is 0 Å². The van der Waals surface area contributed by atoms with Gasteiger partial charge in [-0.05, 0) is 34.7 Å². The van der Waals surface area contributed by atoms with Gasteiger partial charge in [-0.3, -0.25) is 4.98 Å². The van der Waals surface area contributed by atoms with E-state index in [1.807, 2.05) is 48.5 Å². The van der Waals surface area contributed by atoms with Crippen molar-refractivity contribution in [2.24, 2.45) is 0 Å². The number of aromatic nitrogens is 1. The van der Waals surface area contributed by atoms with Crippen molar-refractivity contribution in [3.8, 4) is 16.9 Å². The summed E-state index contributed by atoms with van der Waals surface area (Å²) in [4.78, 5) is 4.50. The molecule has 1 aromatic heterocycles. The number of fused-ring (bicyclic) bond motifs is 3. The van der Waals surface area contributed by atoms with Crippen molar-refractivity contribution in [2.75, 3.05) is 0 Å². The molecule has 1 heterocycles. The lowest BCUT2D eigenvalue weighted by Gasteiger charge is -2.10. The number of phenols is 1. The van der Waals surface area contributed by atoms with Crippen LogP contribution in [0, 0.1) is 0 Å². The zero-order valence-electron chi connectivity index (χ0n) is 11.3. The molecule has 0 aliphatic carbocycles. The highest BCUT2D eigenvalue weighted by atomic mass is 16.3. The third kappa shape index (κ3) is 1.84. The minimum Gasteiger partial charge on any atom is -0.507 e. The van der Waals surface area contributed by atoms with Gasteiger partial charge in [0, 0.05) is 17.0 Å². The fourth-order valence-electron chi connectivity index (χ4n) is 2.85. The number of pyridine rings is 1. The van der Waals surface area contributed by atoms with Crippen molar-refractivity contribution in [3.05, 3.63) is 72.9 Å². The van der Waals surface area contributed by atoms with Gasteiger partial charge < -0.3 is 5.11 Å². The Hall–Kier alpha value is -2.87. The first-order chi connectivity index (χ1) is 10.3. The summed E-state index contributed by atoms with van der Waals surface area (Å²) in [6.45, 7) is 0. The molecule has 4 aromatic rings. The molecule has 0 aliphatic rings. The van der Waals surface area contributed by atoms with Gasteiger partial charge in [-0.25, -0.2) is 0 Å². The van der Waals surface area contributed by atoms with Gasteiger partial charge in [0.25, 0.3) is 0 Å². The van der Waals surface area contributed by atoms with Gasteiger partial charge in [-0.1, -0.05) is 48.5 Å². The Balaban J connectivity index is 2.21. The number of nitrogens with zero attached hydrogens (tertiary/aromatic N) is 1. The lowest BCUT2D eigenvalue weighted by Crippen LogP contribution is -1.86. The zero-order chi connectivity index (χ0) is 14.2. The molecule has 0 saturated carbocycles. The van der Waals surface area contributed by atoms with Gasteiger partial charge in [0.2, 0.25) is 0 Å². The van der Waals surface area contributed by atoms with E-state index in [1.54, 1.807) is 6.20 Å². The molecule has 0 fully saturated rings. The highest BCUT2D eigenvalue weighted by Gasteiger charge is 2.11. The molecule has 100 valence electrons. The summed E-state index contributed by atoms with van der Waals surface area (Å²) >= 11 is 0.